The number of likely N-dealkylation sites (tertiary alicyclic amines) is 1. The number of anilines is 1. The van der Waals surface area contributed by atoms with Gasteiger partial charge in [0.2, 0.25) is 0 Å². The molecule has 1 aromatic heterocycles. The summed E-state index contributed by atoms with van der Waals surface area (Å²) >= 11 is 0. The molecule has 1 atom stereocenters. The Morgan fingerprint density at radius 3 is 3.00 bits per heavy atom. The SMILES string of the molecule is Nc1cc(CN2CC[C@@H](F)C2)c2ccccc2n1. The summed E-state index contributed by atoms with van der Waals surface area (Å²) in [5, 5.41) is 1.11. The second-order valence-electron chi connectivity index (χ2n) is 4.84. The summed E-state index contributed by atoms with van der Waals surface area (Å²) in [4.78, 5) is 6.44. The minimum absolute atomic E-state index is 0.524. The van der Waals surface area contributed by atoms with Gasteiger partial charge in [-0.05, 0) is 24.1 Å². The second kappa shape index (κ2) is 4.53. The van der Waals surface area contributed by atoms with E-state index in [9.17, 15) is 4.39 Å². The van der Waals surface area contributed by atoms with Crippen molar-refractivity contribution in [2.24, 2.45) is 0 Å². The van der Waals surface area contributed by atoms with Gasteiger partial charge in [-0.2, -0.15) is 0 Å². The topological polar surface area (TPSA) is 42.1 Å². The van der Waals surface area contributed by atoms with Crippen molar-refractivity contribution in [3.63, 3.8) is 0 Å². The van der Waals surface area contributed by atoms with Crippen LogP contribution >= 0.6 is 0 Å². The summed E-state index contributed by atoms with van der Waals surface area (Å²) in [6.07, 6.45) is -0.0474. The first-order valence-electron chi connectivity index (χ1n) is 6.23. The maximum atomic E-state index is 13.2. The first kappa shape index (κ1) is 11.4. The molecular formula is C14H16FN3. The van der Waals surface area contributed by atoms with Gasteiger partial charge in [-0.3, -0.25) is 4.90 Å². The number of pyridine rings is 1. The number of nitrogens with two attached hydrogens (primary N) is 1. The largest absolute Gasteiger partial charge is 0.384 e. The number of halogens is 1. The number of hydrogen-bond donors (Lipinski definition) is 1. The molecular weight excluding hydrogens is 229 g/mol. The number of rotatable bonds is 2. The highest BCUT2D eigenvalue weighted by molar-refractivity contribution is 5.83. The van der Waals surface area contributed by atoms with Crippen LogP contribution in [0.3, 0.4) is 0 Å². The van der Waals surface area contributed by atoms with Crippen LogP contribution in [0.2, 0.25) is 0 Å². The van der Waals surface area contributed by atoms with Crippen LogP contribution in [-0.2, 0) is 6.54 Å². The number of hydrogen-bond acceptors (Lipinski definition) is 3. The van der Waals surface area contributed by atoms with E-state index in [-0.39, 0.29) is 0 Å². The molecule has 3 rings (SSSR count). The Bertz CT molecular complexity index is 570. The minimum atomic E-state index is -0.685. The molecule has 94 valence electrons. The van der Waals surface area contributed by atoms with E-state index in [1.165, 1.54) is 0 Å². The molecule has 2 N–H and O–H groups in total. The predicted octanol–water partition coefficient (Wildman–Crippen LogP) is 2.36. The summed E-state index contributed by atoms with van der Waals surface area (Å²) in [5.41, 5.74) is 7.86. The van der Waals surface area contributed by atoms with Crippen molar-refractivity contribution in [3.05, 3.63) is 35.9 Å². The maximum absolute atomic E-state index is 13.2. The van der Waals surface area contributed by atoms with Crippen molar-refractivity contribution < 1.29 is 4.39 Å². The van der Waals surface area contributed by atoms with Gasteiger partial charge in [0.05, 0.1) is 5.52 Å². The van der Waals surface area contributed by atoms with Crippen LogP contribution < -0.4 is 5.73 Å². The van der Waals surface area contributed by atoms with Crippen LogP contribution in [0.1, 0.15) is 12.0 Å². The van der Waals surface area contributed by atoms with E-state index in [2.05, 4.69) is 9.88 Å². The average Bonchev–Trinajstić information content (AvgIpc) is 2.74. The smallest absolute Gasteiger partial charge is 0.124 e. The van der Waals surface area contributed by atoms with Crippen LogP contribution in [0.15, 0.2) is 30.3 Å². The highest BCUT2D eigenvalue weighted by Gasteiger charge is 2.22. The zero-order valence-corrected chi connectivity index (χ0v) is 10.1. The average molecular weight is 245 g/mol. The fourth-order valence-electron chi connectivity index (χ4n) is 2.57. The quantitative estimate of drug-likeness (QED) is 0.883. The number of nitrogens with zero attached hydrogens (tertiary/aromatic N) is 2. The Morgan fingerprint density at radius 2 is 2.22 bits per heavy atom. The van der Waals surface area contributed by atoms with Crippen LogP contribution in [0.5, 0.6) is 0 Å². The van der Waals surface area contributed by atoms with Gasteiger partial charge in [0.25, 0.3) is 0 Å². The van der Waals surface area contributed by atoms with Crippen molar-refractivity contribution in [2.45, 2.75) is 19.1 Å². The first-order chi connectivity index (χ1) is 8.72. The third-order valence-electron chi connectivity index (χ3n) is 3.43. The molecule has 1 aliphatic heterocycles. The van der Waals surface area contributed by atoms with E-state index in [1.807, 2.05) is 30.3 Å². The molecule has 18 heavy (non-hydrogen) atoms. The molecule has 3 nitrogen and oxygen atoms in total. The molecule has 1 aromatic carbocycles. The standard InChI is InChI=1S/C14H16FN3/c15-11-5-6-18(9-11)8-10-7-14(16)17-13-4-2-1-3-12(10)13/h1-4,7,11H,5-6,8-9H2,(H2,16,17)/t11-/m1/s1. The molecule has 0 radical (unpaired) electrons. The summed E-state index contributed by atoms with van der Waals surface area (Å²) < 4.78 is 13.2. The Morgan fingerprint density at radius 1 is 1.39 bits per heavy atom. The Kier molecular flexibility index (Phi) is 2.88. The number of benzene rings is 1. The van der Waals surface area contributed by atoms with Crippen molar-refractivity contribution >= 4 is 16.7 Å². The molecule has 1 saturated heterocycles. The molecule has 0 spiro atoms. The molecule has 0 amide bonds. The van der Waals surface area contributed by atoms with Gasteiger partial charge < -0.3 is 5.73 Å². The predicted molar refractivity (Wildman–Crippen MR) is 70.9 cm³/mol. The molecule has 0 aliphatic carbocycles. The van der Waals surface area contributed by atoms with E-state index in [0.29, 0.717) is 18.8 Å². The van der Waals surface area contributed by atoms with Gasteiger partial charge in [-0.1, -0.05) is 18.2 Å². The monoisotopic (exact) mass is 245 g/mol. The lowest BCUT2D eigenvalue weighted by Crippen LogP contribution is -2.20. The lowest BCUT2D eigenvalue weighted by Gasteiger charge is -2.16. The minimum Gasteiger partial charge on any atom is -0.384 e. The molecule has 0 bridgehead atoms. The van der Waals surface area contributed by atoms with Crippen LogP contribution in [0.25, 0.3) is 10.9 Å². The van der Waals surface area contributed by atoms with Crippen molar-refractivity contribution in [2.75, 3.05) is 18.8 Å². The van der Waals surface area contributed by atoms with Crippen molar-refractivity contribution in [1.82, 2.24) is 9.88 Å². The van der Waals surface area contributed by atoms with Gasteiger partial charge >= 0.3 is 0 Å². The van der Waals surface area contributed by atoms with Gasteiger partial charge in [0.1, 0.15) is 12.0 Å². The summed E-state index contributed by atoms with van der Waals surface area (Å²) in [7, 11) is 0. The number of nitrogen functional groups attached to an aromatic ring is 1. The van der Waals surface area contributed by atoms with Crippen LogP contribution in [-0.4, -0.2) is 29.1 Å². The summed E-state index contributed by atoms with van der Waals surface area (Å²) in [5.74, 6) is 0.527. The number of para-hydroxylation sites is 1. The molecule has 0 unspecified atom stereocenters. The van der Waals surface area contributed by atoms with Crippen LogP contribution in [0.4, 0.5) is 10.2 Å². The number of fused-ring (bicyclic) bond motifs is 1. The Labute approximate surface area is 105 Å². The van der Waals surface area contributed by atoms with E-state index in [1.54, 1.807) is 0 Å². The lowest BCUT2D eigenvalue weighted by atomic mass is 10.1. The van der Waals surface area contributed by atoms with Gasteiger partial charge in [0.15, 0.2) is 0 Å². The Hall–Kier alpha value is -1.68. The molecule has 2 heterocycles. The lowest BCUT2D eigenvalue weighted by molar-refractivity contribution is 0.283. The van der Waals surface area contributed by atoms with Gasteiger partial charge in [-0.25, -0.2) is 9.37 Å². The van der Waals surface area contributed by atoms with Gasteiger partial charge in [0, 0.05) is 25.0 Å². The van der Waals surface area contributed by atoms with E-state index < -0.39 is 6.17 Å². The molecule has 4 heteroatoms. The molecule has 2 aromatic rings. The molecule has 1 fully saturated rings. The third kappa shape index (κ3) is 2.16. The number of alkyl halides is 1. The fourth-order valence-corrected chi connectivity index (χ4v) is 2.57. The Balaban J connectivity index is 1.95. The molecule has 1 aliphatic rings. The van der Waals surface area contributed by atoms with Crippen LogP contribution in [0, 0.1) is 0 Å². The maximum Gasteiger partial charge on any atom is 0.124 e. The highest BCUT2D eigenvalue weighted by Crippen LogP contribution is 2.23. The summed E-state index contributed by atoms with van der Waals surface area (Å²) in [6, 6.07) is 9.84. The van der Waals surface area contributed by atoms with Crippen molar-refractivity contribution in [1.29, 1.82) is 0 Å². The van der Waals surface area contributed by atoms with E-state index in [4.69, 9.17) is 5.73 Å². The molecule has 0 saturated carbocycles. The van der Waals surface area contributed by atoms with Gasteiger partial charge in [-0.15, -0.1) is 0 Å². The van der Waals surface area contributed by atoms with E-state index in [0.717, 1.165) is 29.6 Å². The second-order valence-corrected chi connectivity index (χ2v) is 4.84. The number of aromatic nitrogens is 1. The highest BCUT2D eigenvalue weighted by atomic mass is 19.1. The zero-order valence-electron chi connectivity index (χ0n) is 10.1. The summed E-state index contributed by atoms with van der Waals surface area (Å²) in [6.45, 7) is 2.09. The van der Waals surface area contributed by atoms with E-state index >= 15 is 0 Å². The van der Waals surface area contributed by atoms with Crippen molar-refractivity contribution in [3.8, 4) is 0 Å². The zero-order chi connectivity index (χ0) is 12.5. The normalized spacial score (nSPS) is 20.6. The third-order valence-corrected chi connectivity index (χ3v) is 3.43. The first-order valence-corrected chi connectivity index (χ1v) is 6.23. The fraction of sp³-hybridized carbons (Fsp3) is 0.357.